The van der Waals surface area contributed by atoms with E-state index in [1.165, 1.54) is 0 Å². The predicted octanol–water partition coefficient (Wildman–Crippen LogP) is 2.05. The van der Waals surface area contributed by atoms with E-state index in [1.54, 1.807) is 6.07 Å². The highest BCUT2D eigenvalue weighted by molar-refractivity contribution is 7.88. The SMILES string of the molecule is CS(=O)(=O)NCCOC[C@@H]1OCCNC[C@H]1c1ccc(Cl)c(Cl)c1.Cl. The van der Waals surface area contributed by atoms with Crippen molar-refractivity contribution in [2.75, 3.05) is 45.7 Å². The Morgan fingerprint density at radius 3 is 2.80 bits per heavy atom. The molecule has 10 heteroatoms. The Balaban J connectivity index is 0.00000312. The van der Waals surface area contributed by atoms with Gasteiger partial charge >= 0.3 is 0 Å². The number of ether oxygens (including phenoxy) is 2. The van der Waals surface area contributed by atoms with Gasteiger partial charge in [0, 0.05) is 25.6 Å². The van der Waals surface area contributed by atoms with Crippen LogP contribution in [0.5, 0.6) is 0 Å². The number of halogens is 3. The molecule has 2 rings (SSSR count). The number of nitrogens with one attached hydrogen (secondary N) is 2. The molecule has 0 aliphatic carbocycles. The third-order valence-corrected chi connectivity index (χ3v) is 5.16. The molecular formula is C15H23Cl3N2O4S. The van der Waals surface area contributed by atoms with Crippen molar-refractivity contribution in [2.45, 2.75) is 12.0 Å². The van der Waals surface area contributed by atoms with Crippen LogP contribution in [-0.2, 0) is 19.5 Å². The van der Waals surface area contributed by atoms with Gasteiger partial charge < -0.3 is 14.8 Å². The molecule has 1 aromatic carbocycles. The van der Waals surface area contributed by atoms with E-state index in [2.05, 4.69) is 10.0 Å². The van der Waals surface area contributed by atoms with Gasteiger partial charge in [0.05, 0.1) is 42.2 Å². The van der Waals surface area contributed by atoms with Gasteiger partial charge in [0.1, 0.15) is 0 Å². The Hall–Kier alpha value is -0.120. The molecule has 0 bridgehead atoms. The fourth-order valence-electron chi connectivity index (χ4n) is 2.53. The van der Waals surface area contributed by atoms with Crippen LogP contribution in [0.15, 0.2) is 18.2 Å². The Morgan fingerprint density at radius 1 is 1.36 bits per heavy atom. The number of hydrogen-bond acceptors (Lipinski definition) is 5. The fraction of sp³-hybridized carbons (Fsp3) is 0.600. The molecule has 0 aromatic heterocycles. The third kappa shape index (κ3) is 7.97. The molecule has 144 valence electrons. The van der Waals surface area contributed by atoms with Crippen LogP contribution in [-0.4, -0.2) is 60.2 Å². The summed E-state index contributed by atoms with van der Waals surface area (Å²) in [6.45, 7) is 3.00. The van der Waals surface area contributed by atoms with Crippen LogP contribution in [0.1, 0.15) is 11.5 Å². The van der Waals surface area contributed by atoms with Crippen LogP contribution in [0.2, 0.25) is 10.0 Å². The van der Waals surface area contributed by atoms with E-state index >= 15 is 0 Å². The van der Waals surface area contributed by atoms with E-state index < -0.39 is 10.0 Å². The van der Waals surface area contributed by atoms with Crippen molar-refractivity contribution in [2.24, 2.45) is 0 Å². The molecule has 6 nitrogen and oxygen atoms in total. The van der Waals surface area contributed by atoms with Gasteiger partial charge in [-0.15, -0.1) is 12.4 Å². The monoisotopic (exact) mass is 432 g/mol. The van der Waals surface area contributed by atoms with Gasteiger partial charge in [-0.3, -0.25) is 0 Å². The Morgan fingerprint density at radius 2 is 2.12 bits per heavy atom. The Kier molecular flexibility index (Phi) is 9.98. The molecule has 1 heterocycles. The lowest BCUT2D eigenvalue weighted by atomic mass is 9.93. The quantitative estimate of drug-likeness (QED) is 0.644. The average Bonchev–Trinajstić information content (AvgIpc) is 2.74. The summed E-state index contributed by atoms with van der Waals surface area (Å²) in [6.07, 6.45) is 0.975. The fourth-order valence-corrected chi connectivity index (χ4v) is 3.29. The molecule has 0 spiro atoms. The topological polar surface area (TPSA) is 76.7 Å². The molecule has 1 fully saturated rings. The highest BCUT2D eigenvalue weighted by Gasteiger charge is 2.26. The van der Waals surface area contributed by atoms with Gasteiger partial charge in [-0.1, -0.05) is 29.3 Å². The Bertz CT molecular complexity index is 646. The van der Waals surface area contributed by atoms with Gasteiger partial charge in [0.25, 0.3) is 0 Å². The minimum atomic E-state index is -3.20. The molecule has 1 aliphatic heterocycles. The smallest absolute Gasteiger partial charge is 0.208 e. The number of benzene rings is 1. The van der Waals surface area contributed by atoms with Crippen molar-refractivity contribution in [3.63, 3.8) is 0 Å². The van der Waals surface area contributed by atoms with Crippen LogP contribution in [0.4, 0.5) is 0 Å². The van der Waals surface area contributed by atoms with E-state index in [-0.39, 0.29) is 37.6 Å². The molecule has 25 heavy (non-hydrogen) atoms. The van der Waals surface area contributed by atoms with Gasteiger partial charge in [-0.05, 0) is 17.7 Å². The maximum Gasteiger partial charge on any atom is 0.208 e. The van der Waals surface area contributed by atoms with E-state index in [0.717, 1.165) is 24.9 Å². The number of rotatable bonds is 7. The summed E-state index contributed by atoms with van der Waals surface area (Å²) in [5.41, 5.74) is 1.03. The molecule has 0 saturated carbocycles. The van der Waals surface area contributed by atoms with Gasteiger partial charge in [0.15, 0.2) is 0 Å². The molecule has 2 atom stereocenters. The molecule has 1 aliphatic rings. The summed E-state index contributed by atoms with van der Waals surface area (Å²) in [6, 6.07) is 5.56. The molecule has 1 saturated heterocycles. The highest BCUT2D eigenvalue weighted by atomic mass is 35.5. The molecule has 1 aromatic rings. The summed E-state index contributed by atoms with van der Waals surface area (Å²) in [5.74, 6) is 0.0742. The van der Waals surface area contributed by atoms with Gasteiger partial charge in [-0.2, -0.15) is 0 Å². The van der Waals surface area contributed by atoms with Crippen LogP contribution < -0.4 is 10.0 Å². The zero-order valence-electron chi connectivity index (χ0n) is 13.8. The highest BCUT2D eigenvalue weighted by Crippen LogP contribution is 2.29. The summed E-state index contributed by atoms with van der Waals surface area (Å²) < 4.78 is 35.9. The van der Waals surface area contributed by atoms with Crippen molar-refractivity contribution in [3.8, 4) is 0 Å². The standard InChI is InChI=1S/C15H22Cl2N2O4S.ClH/c1-24(20,21)19-5-6-22-10-15-12(9-18-4-7-23-15)11-2-3-13(16)14(17)8-11;/h2-3,8,12,15,18-19H,4-7,9-10H2,1H3;1H/t12-,15-;/m0./s1. The largest absolute Gasteiger partial charge is 0.377 e. The van der Waals surface area contributed by atoms with Gasteiger partial charge in [0.2, 0.25) is 10.0 Å². The third-order valence-electron chi connectivity index (χ3n) is 3.69. The maximum absolute atomic E-state index is 11.0. The van der Waals surface area contributed by atoms with Crippen LogP contribution in [0, 0.1) is 0 Å². The summed E-state index contributed by atoms with van der Waals surface area (Å²) >= 11 is 12.1. The van der Waals surface area contributed by atoms with Crippen LogP contribution >= 0.6 is 35.6 Å². The van der Waals surface area contributed by atoms with Gasteiger partial charge in [-0.25, -0.2) is 13.1 Å². The van der Waals surface area contributed by atoms with E-state index in [9.17, 15) is 8.42 Å². The molecule has 0 radical (unpaired) electrons. The van der Waals surface area contributed by atoms with E-state index in [0.29, 0.717) is 23.3 Å². The first-order valence-electron chi connectivity index (χ1n) is 7.66. The lowest BCUT2D eigenvalue weighted by Gasteiger charge is -2.25. The van der Waals surface area contributed by atoms with E-state index in [1.807, 2.05) is 12.1 Å². The van der Waals surface area contributed by atoms with Crippen molar-refractivity contribution >= 4 is 45.6 Å². The zero-order valence-corrected chi connectivity index (χ0v) is 17.0. The van der Waals surface area contributed by atoms with Crippen LogP contribution in [0.25, 0.3) is 0 Å². The Labute approximate surface area is 165 Å². The molecule has 0 amide bonds. The van der Waals surface area contributed by atoms with Crippen molar-refractivity contribution in [3.05, 3.63) is 33.8 Å². The molecular weight excluding hydrogens is 411 g/mol. The first-order chi connectivity index (χ1) is 11.4. The summed E-state index contributed by atoms with van der Waals surface area (Å²) in [4.78, 5) is 0. The van der Waals surface area contributed by atoms with Crippen molar-refractivity contribution in [1.82, 2.24) is 10.0 Å². The van der Waals surface area contributed by atoms with E-state index in [4.69, 9.17) is 32.7 Å². The minimum absolute atomic E-state index is 0. The second-order valence-corrected chi connectivity index (χ2v) is 8.28. The second kappa shape index (κ2) is 10.9. The average molecular weight is 434 g/mol. The minimum Gasteiger partial charge on any atom is -0.377 e. The first-order valence-corrected chi connectivity index (χ1v) is 10.3. The predicted molar refractivity (Wildman–Crippen MR) is 103 cm³/mol. The van der Waals surface area contributed by atoms with Crippen LogP contribution in [0.3, 0.4) is 0 Å². The molecule has 0 unspecified atom stereocenters. The normalized spacial score (nSPS) is 21.4. The number of sulfonamides is 1. The number of hydrogen-bond donors (Lipinski definition) is 2. The second-order valence-electron chi connectivity index (χ2n) is 5.63. The maximum atomic E-state index is 11.0. The first kappa shape index (κ1) is 22.9. The summed E-state index contributed by atoms with van der Waals surface area (Å²) in [7, 11) is -3.20. The molecule has 2 N–H and O–H groups in total. The zero-order chi connectivity index (χ0) is 17.6. The lowest BCUT2D eigenvalue weighted by Crippen LogP contribution is -2.32. The summed E-state index contributed by atoms with van der Waals surface area (Å²) in [5, 5.41) is 4.36. The lowest BCUT2D eigenvalue weighted by molar-refractivity contribution is -0.0177. The van der Waals surface area contributed by atoms with Crippen molar-refractivity contribution in [1.29, 1.82) is 0 Å². The van der Waals surface area contributed by atoms with Crippen molar-refractivity contribution < 1.29 is 17.9 Å².